The van der Waals surface area contributed by atoms with E-state index in [2.05, 4.69) is 35.3 Å². The summed E-state index contributed by atoms with van der Waals surface area (Å²) in [6.45, 7) is 7.24. The highest BCUT2D eigenvalue weighted by atomic mass is 16.5. The summed E-state index contributed by atoms with van der Waals surface area (Å²) in [6, 6.07) is 7.16. The van der Waals surface area contributed by atoms with Gasteiger partial charge in [0.1, 0.15) is 11.3 Å². The van der Waals surface area contributed by atoms with Crippen molar-refractivity contribution in [3.8, 4) is 0 Å². The molecule has 0 amide bonds. The van der Waals surface area contributed by atoms with Gasteiger partial charge in [-0.05, 0) is 63.4 Å². The van der Waals surface area contributed by atoms with E-state index in [1.807, 2.05) is 0 Å². The van der Waals surface area contributed by atoms with Crippen molar-refractivity contribution in [2.75, 3.05) is 31.6 Å². The van der Waals surface area contributed by atoms with E-state index in [0.29, 0.717) is 6.04 Å². The lowest BCUT2D eigenvalue weighted by Crippen LogP contribution is -2.28. The Morgan fingerprint density at radius 3 is 2.67 bits per heavy atom. The number of anilines is 1. The zero-order valence-electron chi connectivity index (χ0n) is 14.6. The van der Waals surface area contributed by atoms with E-state index in [-0.39, 0.29) is 0 Å². The Hall–Kier alpha value is -1.52. The van der Waals surface area contributed by atoms with Crippen molar-refractivity contribution >= 4 is 16.7 Å². The van der Waals surface area contributed by atoms with Crippen LogP contribution in [0.25, 0.3) is 11.0 Å². The average molecular weight is 328 g/mol. The normalized spacial score (nSPS) is 20.5. The number of fused-ring (bicyclic) bond motifs is 1. The first-order chi connectivity index (χ1) is 11.8. The third kappa shape index (κ3) is 3.60. The SMILES string of the molecule is Cc1cc2cc(CN3CCCCC3)oc2cc1NC1CCOCC1. The predicted molar refractivity (Wildman–Crippen MR) is 97.5 cm³/mol. The van der Waals surface area contributed by atoms with Crippen LogP contribution in [-0.2, 0) is 11.3 Å². The highest BCUT2D eigenvalue weighted by molar-refractivity contribution is 5.83. The molecular formula is C20H28N2O2. The lowest BCUT2D eigenvalue weighted by Gasteiger charge is -2.25. The van der Waals surface area contributed by atoms with Crippen LogP contribution in [-0.4, -0.2) is 37.2 Å². The minimum atomic E-state index is 0.512. The highest BCUT2D eigenvalue weighted by Crippen LogP contribution is 2.29. The molecule has 2 aromatic rings. The lowest BCUT2D eigenvalue weighted by atomic mass is 10.1. The van der Waals surface area contributed by atoms with Gasteiger partial charge in [0.2, 0.25) is 0 Å². The molecule has 0 radical (unpaired) electrons. The largest absolute Gasteiger partial charge is 0.460 e. The molecule has 2 aliphatic heterocycles. The van der Waals surface area contributed by atoms with Crippen LogP contribution in [0, 0.1) is 6.92 Å². The summed E-state index contributed by atoms with van der Waals surface area (Å²) in [5, 5.41) is 4.90. The standard InChI is InChI=1S/C20H28N2O2/c1-15-11-16-12-18(14-22-7-3-2-4-8-22)24-20(16)13-19(15)21-17-5-9-23-10-6-17/h11-13,17,21H,2-10,14H2,1H3. The predicted octanol–water partition coefficient (Wildman–Crippen LogP) is 4.32. The van der Waals surface area contributed by atoms with Gasteiger partial charge in [-0.2, -0.15) is 0 Å². The minimum Gasteiger partial charge on any atom is -0.460 e. The van der Waals surface area contributed by atoms with Gasteiger partial charge in [-0.3, -0.25) is 4.90 Å². The van der Waals surface area contributed by atoms with Gasteiger partial charge < -0.3 is 14.5 Å². The van der Waals surface area contributed by atoms with Crippen molar-refractivity contribution < 1.29 is 9.15 Å². The first-order valence-corrected chi connectivity index (χ1v) is 9.38. The Labute approximate surface area is 144 Å². The van der Waals surface area contributed by atoms with Crippen molar-refractivity contribution in [1.29, 1.82) is 0 Å². The zero-order chi connectivity index (χ0) is 16.4. The van der Waals surface area contributed by atoms with Crippen molar-refractivity contribution in [2.24, 2.45) is 0 Å². The molecule has 4 nitrogen and oxygen atoms in total. The number of hydrogen-bond acceptors (Lipinski definition) is 4. The first-order valence-electron chi connectivity index (χ1n) is 9.38. The monoisotopic (exact) mass is 328 g/mol. The van der Waals surface area contributed by atoms with Crippen LogP contribution >= 0.6 is 0 Å². The summed E-state index contributed by atoms with van der Waals surface area (Å²) in [5.41, 5.74) is 3.50. The van der Waals surface area contributed by atoms with Crippen LogP contribution < -0.4 is 5.32 Å². The number of ether oxygens (including phenoxy) is 1. The number of piperidine rings is 1. The summed E-state index contributed by atoms with van der Waals surface area (Å²) < 4.78 is 11.6. The maximum absolute atomic E-state index is 6.15. The van der Waals surface area contributed by atoms with E-state index in [0.717, 1.165) is 43.9 Å². The Balaban J connectivity index is 1.50. The molecule has 3 heterocycles. The average Bonchev–Trinajstić information content (AvgIpc) is 2.98. The van der Waals surface area contributed by atoms with E-state index >= 15 is 0 Å². The van der Waals surface area contributed by atoms with Gasteiger partial charge in [0.25, 0.3) is 0 Å². The summed E-state index contributed by atoms with van der Waals surface area (Å²) in [6.07, 6.45) is 6.17. The minimum absolute atomic E-state index is 0.512. The van der Waals surface area contributed by atoms with Gasteiger partial charge in [-0.15, -0.1) is 0 Å². The van der Waals surface area contributed by atoms with Crippen molar-refractivity contribution in [2.45, 2.75) is 51.6 Å². The second kappa shape index (κ2) is 7.16. The van der Waals surface area contributed by atoms with Crippen LogP contribution in [0.5, 0.6) is 0 Å². The van der Waals surface area contributed by atoms with Gasteiger partial charge in [0, 0.05) is 36.4 Å². The number of furan rings is 1. The summed E-state index contributed by atoms with van der Waals surface area (Å²) >= 11 is 0. The Morgan fingerprint density at radius 1 is 1.08 bits per heavy atom. The van der Waals surface area contributed by atoms with Crippen LogP contribution in [0.2, 0.25) is 0 Å². The topological polar surface area (TPSA) is 37.6 Å². The number of likely N-dealkylation sites (tertiary alicyclic amines) is 1. The number of rotatable bonds is 4. The molecule has 130 valence electrons. The molecule has 2 saturated heterocycles. The molecule has 4 rings (SSSR count). The van der Waals surface area contributed by atoms with Crippen LogP contribution in [0.15, 0.2) is 22.6 Å². The molecule has 0 saturated carbocycles. The van der Waals surface area contributed by atoms with E-state index < -0.39 is 0 Å². The molecule has 0 unspecified atom stereocenters. The molecule has 1 aromatic heterocycles. The molecule has 0 aliphatic carbocycles. The van der Waals surface area contributed by atoms with Crippen LogP contribution in [0.4, 0.5) is 5.69 Å². The van der Waals surface area contributed by atoms with E-state index in [4.69, 9.17) is 9.15 Å². The van der Waals surface area contributed by atoms with Crippen molar-refractivity contribution in [1.82, 2.24) is 4.90 Å². The molecule has 0 atom stereocenters. The number of aryl methyl sites for hydroxylation is 1. The molecular weight excluding hydrogens is 300 g/mol. The highest BCUT2D eigenvalue weighted by Gasteiger charge is 2.16. The van der Waals surface area contributed by atoms with Gasteiger partial charge >= 0.3 is 0 Å². The molecule has 4 heteroatoms. The Bertz CT molecular complexity index is 682. The second-order valence-corrected chi connectivity index (χ2v) is 7.29. The molecule has 2 fully saturated rings. The molecule has 1 aromatic carbocycles. The zero-order valence-corrected chi connectivity index (χ0v) is 14.6. The Morgan fingerprint density at radius 2 is 1.88 bits per heavy atom. The second-order valence-electron chi connectivity index (χ2n) is 7.29. The molecule has 1 N–H and O–H groups in total. The third-order valence-electron chi connectivity index (χ3n) is 5.32. The molecule has 0 spiro atoms. The fourth-order valence-corrected chi connectivity index (χ4v) is 3.89. The number of benzene rings is 1. The molecule has 0 bridgehead atoms. The fourth-order valence-electron chi connectivity index (χ4n) is 3.89. The van der Waals surface area contributed by atoms with Gasteiger partial charge in [0.15, 0.2) is 0 Å². The van der Waals surface area contributed by atoms with Crippen molar-refractivity contribution in [3.05, 3.63) is 29.5 Å². The summed E-state index contributed by atoms with van der Waals surface area (Å²) in [5.74, 6) is 1.09. The quantitative estimate of drug-likeness (QED) is 0.907. The van der Waals surface area contributed by atoms with E-state index in [1.165, 1.54) is 49.0 Å². The smallest absolute Gasteiger partial charge is 0.136 e. The first kappa shape index (κ1) is 16.0. The fraction of sp³-hybridized carbons (Fsp3) is 0.600. The third-order valence-corrected chi connectivity index (χ3v) is 5.32. The maximum atomic E-state index is 6.15. The summed E-state index contributed by atoms with van der Waals surface area (Å²) in [7, 11) is 0. The number of hydrogen-bond donors (Lipinski definition) is 1. The van der Waals surface area contributed by atoms with Gasteiger partial charge in [-0.25, -0.2) is 0 Å². The number of nitrogens with zero attached hydrogens (tertiary/aromatic N) is 1. The summed E-state index contributed by atoms with van der Waals surface area (Å²) in [4.78, 5) is 2.51. The molecule has 2 aliphatic rings. The van der Waals surface area contributed by atoms with Crippen LogP contribution in [0.1, 0.15) is 43.4 Å². The van der Waals surface area contributed by atoms with Crippen molar-refractivity contribution in [3.63, 3.8) is 0 Å². The van der Waals surface area contributed by atoms with Gasteiger partial charge in [-0.1, -0.05) is 6.42 Å². The number of nitrogens with one attached hydrogen (secondary N) is 1. The maximum Gasteiger partial charge on any atom is 0.136 e. The van der Waals surface area contributed by atoms with Crippen LogP contribution in [0.3, 0.4) is 0 Å². The lowest BCUT2D eigenvalue weighted by molar-refractivity contribution is 0.0904. The Kier molecular flexibility index (Phi) is 4.76. The molecule has 24 heavy (non-hydrogen) atoms. The van der Waals surface area contributed by atoms with Gasteiger partial charge in [0.05, 0.1) is 6.54 Å². The van der Waals surface area contributed by atoms with E-state index in [1.54, 1.807) is 0 Å². The van der Waals surface area contributed by atoms with E-state index in [9.17, 15) is 0 Å².